The van der Waals surface area contributed by atoms with Gasteiger partial charge in [0.05, 0.1) is 12.2 Å². The van der Waals surface area contributed by atoms with Crippen molar-refractivity contribution < 1.29 is 48.9 Å². The molecule has 0 radical (unpaired) electrons. The molecular formula is C38H72N8O10. The molecule has 0 fully saturated rings. The van der Waals surface area contributed by atoms with Crippen molar-refractivity contribution in [2.24, 2.45) is 35.1 Å². The number of aliphatic carboxylic acids is 1. The fraction of sp³-hybridized carbons (Fsp3) is 0.816. The van der Waals surface area contributed by atoms with Gasteiger partial charge >= 0.3 is 5.97 Å². The molecule has 0 aromatic heterocycles. The molecule has 0 bridgehead atoms. The topological polar surface area (TPSA) is 304 Å². The van der Waals surface area contributed by atoms with Crippen LogP contribution in [0.2, 0.25) is 0 Å². The van der Waals surface area contributed by atoms with E-state index in [4.69, 9.17) is 11.5 Å². The summed E-state index contributed by atoms with van der Waals surface area (Å²) in [7, 11) is 0. The monoisotopic (exact) mass is 801 g/mol. The van der Waals surface area contributed by atoms with E-state index in [9.17, 15) is 48.9 Å². The van der Waals surface area contributed by atoms with E-state index in [0.717, 1.165) is 0 Å². The molecule has 0 heterocycles. The maximum atomic E-state index is 13.9. The third-order valence-electron chi connectivity index (χ3n) is 8.81. The van der Waals surface area contributed by atoms with Crippen LogP contribution in [-0.2, 0) is 33.6 Å². The minimum Gasteiger partial charge on any atom is -0.480 e. The minimum absolute atomic E-state index is 0.0661. The van der Waals surface area contributed by atoms with E-state index < -0.39 is 95.9 Å². The Balaban J connectivity index is 6.30. The number of carboxylic acids is 1. The molecule has 0 aliphatic heterocycles. The lowest BCUT2D eigenvalue weighted by atomic mass is 9.97. The van der Waals surface area contributed by atoms with Crippen molar-refractivity contribution >= 4 is 41.4 Å². The van der Waals surface area contributed by atoms with E-state index in [0.29, 0.717) is 19.4 Å². The van der Waals surface area contributed by atoms with Gasteiger partial charge in [0.1, 0.15) is 42.3 Å². The number of aliphatic hydroxyl groups is 2. The van der Waals surface area contributed by atoms with Crippen LogP contribution < -0.4 is 43.4 Å². The predicted molar refractivity (Wildman–Crippen MR) is 211 cm³/mol. The first kappa shape index (κ1) is 52.1. The first-order valence-corrected chi connectivity index (χ1v) is 19.8. The molecule has 0 saturated heterocycles. The Hall–Kier alpha value is -3.87. The third-order valence-corrected chi connectivity index (χ3v) is 8.81. The molecule has 0 rings (SSSR count). The lowest BCUT2D eigenvalue weighted by molar-refractivity contribution is -0.142. The number of rotatable bonds is 27. The maximum Gasteiger partial charge on any atom is 0.326 e. The van der Waals surface area contributed by atoms with Gasteiger partial charge in [0.15, 0.2) is 0 Å². The number of carbonyl (C=O) groups is 7. The number of carboxylic acid groups (broad SMARTS) is 1. The van der Waals surface area contributed by atoms with Gasteiger partial charge in [-0.3, -0.25) is 28.8 Å². The average molecular weight is 801 g/mol. The summed E-state index contributed by atoms with van der Waals surface area (Å²) < 4.78 is 0. The highest BCUT2D eigenvalue weighted by Gasteiger charge is 2.35. The van der Waals surface area contributed by atoms with E-state index in [1.807, 2.05) is 55.4 Å². The third kappa shape index (κ3) is 20.3. The molecule has 0 saturated carbocycles. The van der Waals surface area contributed by atoms with Crippen molar-refractivity contribution in [3.63, 3.8) is 0 Å². The van der Waals surface area contributed by atoms with E-state index in [-0.39, 0.29) is 55.8 Å². The summed E-state index contributed by atoms with van der Waals surface area (Å²) >= 11 is 0. The van der Waals surface area contributed by atoms with Crippen LogP contribution in [0.15, 0.2) is 0 Å². The lowest BCUT2D eigenvalue weighted by Gasteiger charge is -2.29. The van der Waals surface area contributed by atoms with E-state index in [1.165, 1.54) is 13.8 Å². The SMILES string of the molecule is CC(C)C[C@H](NC(=O)[C@H](CC(C)C)NC(=O)[C@H](CC(C)C)NC(=O)[C@H](CC(C)C)NC(=O)[C@@H](NC(=O)[C@@H](N)[C@@H](C)O)[C@@H](C)O)C(=O)N[C@@H](CCCCN)C(=O)O. The zero-order valence-corrected chi connectivity index (χ0v) is 35.0. The Bertz CT molecular complexity index is 1280. The van der Waals surface area contributed by atoms with Gasteiger partial charge in [-0.15, -0.1) is 0 Å². The molecule has 0 aromatic rings. The normalized spacial score (nSPS) is 16.5. The van der Waals surface area contributed by atoms with Crippen molar-refractivity contribution in [1.82, 2.24) is 31.9 Å². The number of nitrogens with two attached hydrogens (primary N) is 2. The summed E-state index contributed by atoms with van der Waals surface area (Å²) in [4.78, 5) is 92.5. The van der Waals surface area contributed by atoms with Gasteiger partial charge in [-0.2, -0.15) is 0 Å². The van der Waals surface area contributed by atoms with Gasteiger partial charge in [-0.1, -0.05) is 55.4 Å². The number of aliphatic hydroxyl groups excluding tert-OH is 2. The van der Waals surface area contributed by atoms with E-state index in [1.54, 1.807) is 0 Å². The summed E-state index contributed by atoms with van der Waals surface area (Å²) in [5.41, 5.74) is 11.2. The highest BCUT2D eigenvalue weighted by molar-refractivity contribution is 5.97. The minimum atomic E-state index is -1.52. The second kappa shape index (κ2) is 26.1. The van der Waals surface area contributed by atoms with Crippen molar-refractivity contribution in [2.45, 2.75) is 169 Å². The van der Waals surface area contributed by atoms with Gasteiger partial charge in [0, 0.05) is 0 Å². The molecule has 0 aliphatic rings. The summed E-state index contributed by atoms with van der Waals surface area (Å²) in [5, 5.41) is 45.3. The zero-order valence-electron chi connectivity index (χ0n) is 35.0. The van der Waals surface area contributed by atoms with E-state index in [2.05, 4.69) is 31.9 Å². The van der Waals surface area contributed by atoms with Gasteiger partial charge in [0.25, 0.3) is 0 Å². The smallest absolute Gasteiger partial charge is 0.326 e. The summed E-state index contributed by atoms with van der Waals surface area (Å²) in [6, 6.07) is -8.68. The Labute approximate surface area is 332 Å². The fourth-order valence-corrected chi connectivity index (χ4v) is 5.79. The molecule has 56 heavy (non-hydrogen) atoms. The number of carbonyl (C=O) groups excluding carboxylic acids is 6. The van der Waals surface area contributed by atoms with E-state index >= 15 is 0 Å². The quantitative estimate of drug-likeness (QED) is 0.0464. The van der Waals surface area contributed by atoms with Crippen LogP contribution in [0.25, 0.3) is 0 Å². The van der Waals surface area contributed by atoms with Crippen molar-refractivity contribution in [3.8, 4) is 0 Å². The predicted octanol–water partition coefficient (Wildman–Crippen LogP) is -0.618. The molecule has 0 spiro atoms. The Morgan fingerprint density at radius 1 is 0.464 bits per heavy atom. The van der Waals surface area contributed by atoms with Crippen LogP contribution in [0.3, 0.4) is 0 Å². The molecule has 13 N–H and O–H groups in total. The highest BCUT2D eigenvalue weighted by Crippen LogP contribution is 2.13. The lowest BCUT2D eigenvalue weighted by Crippen LogP contribution is -2.61. The van der Waals surface area contributed by atoms with Crippen molar-refractivity contribution in [3.05, 3.63) is 0 Å². The van der Waals surface area contributed by atoms with Gasteiger partial charge in [-0.05, 0) is 89.0 Å². The molecule has 324 valence electrons. The van der Waals surface area contributed by atoms with Crippen LogP contribution in [0.1, 0.15) is 114 Å². The van der Waals surface area contributed by atoms with Crippen LogP contribution in [0.4, 0.5) is 0 Å². The van der Waals surface area contributed by atoms with Crippen molar-refractivity contribution in [1.29, 1.82) is 0 Å². The Morgan fingerprint density at radius 2 is 0.786 bits per heavy atom. The van der Waals surface area contributed by atoms with Gasteiger partial charge in [-0.25, -0.2) is 4.79 Å². The fourth-order valence-electron chi connectivity index (χ4n) is 5.79. The average Bonchev–Trinajstić information content (AvgIpc) is 3.07. The standard InChI is InChI=1S/C38H72N8O10/c1-19(2)15-26(32(49)41-25(38(55)56)13-11-12-14-39)42-33(50)27(16-20(3)4)43-34(51)28(17-21(5)6)44-35(52)29(18-22(7)8)45-37(54)31(24(10)48)46-36(53)30(40)23(9)47/h19-31,47-48H,11-18,39-40H2,1-10H3,(H,41,49)(H,42,50)(H,43,51)(H,44,52)(H,45,54)(H,46,53)(H,55,56)/t23-,24-,25+,26+,27+,28+,29+,30+,31+/m1/s1. The Kier molecular flexibility index (Phi) is 24.3. The molecule has 0 aromatic carbocycles. The van der Waals surface area contributed by atoms with Crippen molar-refractivity contribution in [2.75, 3.05) is 6.54 Å². The second-order valence-corrected chi connectivity index (χ2v) is 16.4. The number of nitrogens with one attached hydrogen (secondary N) is 6. The Morgan fingerprint density at radius 3 is 1.05 bits per heavy atom. The van der Waals surface area contributed by atoms with Gasteiger partial charge in [0.2, 0.25) is 35.4 Å². The molecule has 18 heteroatoms. The largest absolute Gasteiger partial charge is 0.480 e. The molecule has 6 amide bonds. The molecule has 18 nitrogen and oxygen atoms in total. The molecule has 0 aliphatic carbocycles. The number of hydrogen-bond donors (Lipinski definition) is 11. The number of amides is 6. The molecular weight excluding hydrogens is 728 g/mol. The van der Waals surface area contributed by atoms with Crippen LogP contribution in [-0.4, -0.2) is 118 Å². The number of hydrogen-bond acceptors (Lipinski definition) is 11. The molecule has 9 atom stereocenters. The first-order chi connectivity index (χ1) is 25.9. The van der Waals surface area contributed by atoms with Crippen LogP contribution in [0, 0.1) is 23.7 Å². The summed E-state index contributed by atoms with van der Waals surface area (Å²) in [6.07, 6.45) is -0.787. The summed E-state index contributed by atoms with van der Waals surface area (Å²) in [5.74, 6) is -6.13. The zero-order chi connectivity index (χ0) is 43.4. The second-order valence-electron chi connectivity index (χ2n) is 16.4. The first-order valence-electron chi connectivity index (χ1n) is 19.8. The van der Waals surface area contributed by atoms with Crippen LogP contribution in [0.5, 0.6) is 0 Å². The van der Waals surface area contributed by atoms with Gasteiger partial charge < -0.3 is 58.7 Å². The van der Waals surface area contributed by atoms with Crippen LogP contribution >= 0.6 is 0 Å². The number of unbranched alkanes of at least 4 members (excludes halogenated alkanes) is 1. The maximum absolute atomic E-state index is 13.9. The highest BCUT2D eigenvalue weighted by atomic mass is 16.4. The summed E-state index contributed by atoms with van der Waals surface area (Å²) in [6.45, 7) is 17.6. The molecule has 0 unspecified atom stereocenters.